The van der Waals surface area contributed by atoms with Crippen molar-refractivity contribution < 1.29 is 4.74 Å². The van der Waals surface area contributed by atoms with E-state index in [0.29, 0.717) is 5.88 Å². The van der Waals surface area contributed by atoms with Gasteiger partial charge in [-0.25, -0.2) is 15.8 Å². The topological polar surface area (TPSA) is 70.2 Å². The number of nitrogens with zero attached hydrogens (tertiary/aromatic N) is 1. The lowest BCUT2D eigenvalue weighted by molar-refractivity contribution is 0.401. The molecule has 1 aromatic heterocycles. The molecule has 0 bridgehead atoms. The summed E-state index contributed by atoms with van der Waals surface area (Å²) in [5.41, 5.74) is 16.0. The minimum absolute atomic E-state index is 0.0162. The molecule has 6 nitrogen and oxygen atoms in total. The largest absolute Gasteiger partial charge is 0.481 e. The van der Waals surface area contributed by atoms with Crippen LogP contribution in [-0.2, 0) is 0 Å². The predicted molar refractivity (Wildman–Crippen MR) is 107 cm³/mol. The Balaban J connectivity index is 1.72. The van der Waals surface area contributed by atoms with Crippen molar-refractivity contribution in [3.63, 3.8) is 0 Å². The summed E-state index contributed by atoms with van der Waals surface area (Å²) in [5, 5.41) is 3.44. The second kappa shape index (κ2) is 6.61. The lowest BCUT2D eigenvalue weighted by atomic mass is 9.97. The molecule has 0 amide bonds. The molecular formula is C21H19N5O. The van der Waals surface area contributed by atoms with Gasteiger partial charge in [-0.3, -0.25) is 0 Å². The van der Waals surface area contributed by atoms with Gasteiger partial charge in [-0.2, -0.15) is 11.1 Å². The average molecular weight is 357 g/mol. The molecule has 4 aromatic rings. The van der Waals surface area contributed by atoms with Gasteiger partial charge in [0, 0.05) is 10.9 Å². The molecule has 2 heterocycles. The van der Waals surface area contributed by atoms with Gasteiger partial charge in [-0.05, 0) is 40.1 Å². The molecule has 27 heavy (non-hydrogen) atoms. The molecule has 4 N–H and O–H groups in total. The Hall–Kier alpha value is -3.03. The van der Waals surface area contributed by atoms with Gasteiger partial charge in [0.05, 0.1) is 12.6 Å². The summed E-state index contributed by atoms with van der Waals surface area (Å²) in [7, 11) is 1.67. The quantitative estimate of drug-likeness (QED) is 0.452. The molecule has 134 valence electrons. The molecule has 3 aromatic carbocycles. The first kappa shape index (κ1) is 16.2. The van der Waals surface area contributed by atoms with Crippen LogP contribution in [0, 0.1) is 0 Å². The van der Waals surface area contributed by atoms with Crippen molar-refractivity contribution in [1.29, 1.82) is 0 Å². The molecule has 6 heteroatoms. The summed E-state index contributed by atoms with van der Waals surface area (Å²) in [6.07, 6.45) is -0.0162. The van der Waals surface area contributed by atoms with Gasteiger partial charge in [0.1, 0.15) is 6.17 Å². The Kier molecular flexibility index (Phi) is 3.95. The smallest absolute Gasteiger partial charge is 0.221 e. The van der Waals surface area contributed by atoms with Crippen molar-refractivity contribution in [3.05, 3.63) is 72.3 Å². The molecule has 0 radical (unpaired) electrons. The molecule has 0 aliphatic carbocycles. The van der Waals surface area contributed by atoms with Crippen LogP contribution in [0.5, 0.6) is 5.88 Å². The van der Waals surface area contributed by atoms with E-state index >= 15 is 0 Å². The number of ether oxygens (including phenoxy) is 1. The average Bonchev–Trinajstić information content (AvgIpc) is 3.27. The van der Waals surface area contributed by atoms with Gasteiger partial charge in [-0.15, -0.1) is 0 Å². The summed E-state index contributed by atoms with van der Waals surface area (Å²) < 4.78 is 5.63. The molecule has 0 spiro atoms. The molecule has 1 saturated heterocycles. The summed E-state index contributed by atoms with van der Waals surface area (Å²) >= 11 is 0. The number of hydrazine groups is 3. The zero-order valence-electron chi connectivity index (χ0n) is 14.8. The van der Waals surface area contributed by atoms with E-state index in [4.69, 9.17) is 9.72 Å². The van der Waals surface area contributed by atoms with Crippen LogP contribution in [-0.4, -0.2) is 12.1 Å². The SMILES string of the molecule is COc1nc2ccc(C3NNNN3)cc2cc1-c1cccc2ccccc12. The van der Waals surface area contributed by atoms with Gasteiger partial charge in [0.15, 0.2) is 0 Å². The van der Waals surface area contributed by atoms with Gasteiger partial charge < -0.3 is 4.74 Å². The fourth-order valence-electron chi connectivity index (χ4n) is 3.58. The number of hydrogen-bond donors (Lipinski definition) is 4. The van der Waals surface area contributed by atoms with Crippen molar-refractivity contribution in [2.75, 3.05) is 7.11 Å². The monoisotopic (exact) mass is 357 g/mol. The highest BCUT2D eigenvalue weighted by atomic mass is 16.5. The predicted octanol–water partition coefficient (Wildman–Crippen LogP) is 3.18. The molecule has 0 saturated carbocycles. The molecular weight excluding hydrogens is 338 g/mol. The highest BCUT2D eigenvalue weighted by molar-refractivity contribution is 5.99. The fraction of sp³-hybridized carbons (Fsp3) is 0.0952. The highest BCUT2D eigenvalue weighted by Gasteiger charge is 2.17. The van der Waals surface area contributed by atoms with E-state index in [-0.39, 0.29) is 6.17 Å². The second-order valence-corrected chi connectivity index (χ2v) is 6.50. The van der Waals surface area contributed by atoms with Gasteiger partial charge in [0.2, 0.25) is 5.88 Å². The number of benzene rings is 3. The summed E-state index contributed by atoms with van der Waals surface area (Å²) in [4.78, 5) is 4.75. The van der Waals surface area contributed by atoms with E-state index in [1.54, 1.807) is 7.11 Å². The second-order valence-electron chi connectivity index (χ2n) is 6.50. The van der Waals surface area contributed by atoms with Crippen molar-refractivity contribution in [3.8, 4) is 17.0 Å². The summed E-state index contributed by atoms with van der Waals surface area (Å²) in [6, 6.07) is 23.0. The van der Waals surface area contributed by atoms with E-state index in [2.05, 4.69) is 76.5 Å². The Labute approximate surface area is 156 Å². The Bertz CT molecular complexity index is 1130. The Morgan fingerprint density at radius 1 is 0.815 bits per heavy atom. The number of nitrogens with one attached hydrogen (secondary N) is 4. The molecule has 0 unspecified atom stereocenters. The van der Waals surface area contributed by atoms with Crippen LogP contribution in [0.25, 0.3) is 32.8 Å². The zero-order valence-corrected chi connectivity index (χ0v) is 14.8. The van der Waals surface area contributed by atoms with Crippen LogP contribution in [0.15, 0.2) is 66.7 Å². The van der Waals surface area contributed by atoms with E-state index in [0.717, 1.165) is 27.6 Å². The van der Waals surface area contributed by atoms with Crippen LogP contribution in [0.2, 0.25) is 0 Å². The lowest BCUT2D eigenvalue weighted by Crippen LogP contribution is -2.33. The minimum atomic E-state index is -0.0162. The summed E-state index contributed by atoms with van der Waals surface area (Å²) in [5.74, 6) is 0.632. The molecule has 0 atom stereocenters. The van der Waals surface area contributed by atoms with Crippen molar-refractivity contribution in [1.82, 2.24) is 26.9 Å². The van der Waals surface area contributed by atoms with Crippen molar-refractivity contribution in [2.45, 2.75) is 6.17 Å². The number of methoxy groups -OCH3 is 1. The van der Waals surface area contributed by atoms with E-state index < -0.39 is 0 Å². The Morgan fingerprint density at radius 2 is 1.63 bits per heavy atom. The third-order valence-electron chi connectivity index (χ3n) is 4.91. The van der Waals surface area contributed by atoms with Crippen LogP contribution in [0.4, 0.5) is 0 Å². The lowest BCUT2D eigenvalue weighted by Gasteiger charge is -2.14. The van der Waals surface area contributed by atoms with Crippen LogP contribution in [0.3, 0.4) is 0 Å². The van der Waals surface area contributed by atoms with Crippen LogP contribution >= 0.6 is 0 Å². The maximum atomic E-state index is 5.63. The maximum absolute atomic E-state index is 5.63. The molecule has 1 aliphatic heterocycles. The first-order chi connectivity index (χ1) is 13.3. The minimum Gasteiger partial charge on any atom is -0.481 e. The van der Waals surface area contributed by atoms with Crippen LogP contribution in [0.1, 0.15) is 11.7 Å². The zero-order chi connectivity index (χ0) is 18.2. The molecule has 5 rings (SSSR count). The third-order valence-corrected chi connectivity index (χ3v) is 4.91. The van der Waals surface area contributed by atoms with E-state index in [1.807, 2.05) is 12.1 Å². The van der Waals surface area contributed by atoms with Gasteiger partial charge in [0.25, 0.3) is 0 Å². The van der Waals surface area contributed by atoms with Gasteiger partial charge >= 0.3 is 0 Å². The number of pyridine rings is 1. The maximum Gasteiger partial charge on any atom is 0.221 e. The molecule has 1 aliphatic rings. The number of fused-ring (bicyclic) bond motifs is 2. The number of aromatic nitrogens is 1. The Morgan fingerprint density at radius 3 is 2.48 bits per heavy atom. The van der Waals surface area contributed by atoms with Crippen molar-refractivity contribution >= 4 is 21.7 Å². The molecule has 1 fully saturated rings. The van der Waals surface area contributed by atoms with Gasteiger partial charge in [-0.1, -0.05) is 48.5 Å². The fourth-order valence-corrected chi connectivity index (χ4v) is 3.58. The summed E-state index contributed by atoms with van der Waals surface area (Å²) in [6.45, 7) is 0. The number of hydrogen-bond acceptors (Lipinski definition) is 6. The number of rotatable bonds is 3. The first-order valence-electron chi connectivity index (χ1n) is 8.81. The van der Waals surface area contributed by atoms with E-state index in [1.165, 1.54) is 10.8 Å². The first-order valence-corrected chi connectivity index (χ1v) is 8.81. The normalized spacial score (nSPS) is 14.9. The third kappa shape index (κ3) is 2.81. The standard InChI is InChI=1S/C21H19N5O/c1-27-21-18(17-8-4-6-13-5-2-3-7-16(13)17)12-15-11-14(9-10-19(15)22-21)20-23-25-26-24-20/h2-12,20,23-26H,1H3. The van der Waals surface area contributed by atoms with Crippen LogP contribution < -0.4 is 26.7 Å². The highest BCUT2D eigenvalue weighted by Crippen LogP contribution is 2.36. The van der Waals surface area contributed by atoms with Crippen molar-refractivity contribution in [2.24, 2.45) is 0 Å². The van der Waals surface area contributed by atoms with E-state index in [9.17, 15) is 0 Å².